The number of rotatable bonds is 5. The van der Waals surface area contributed by atoms with Crippen LogP contribution >= 0.6 is 23.4 Å². The maximum absolute atomic E-state index is 6.14. The van der Waals surface area contributed by atoms with Gasteiger partial charge in [0.15, 0.2) is 0 Å². The first-order valence-corrected chi connectivity index (χ1v) is 8.06. The molecule has 1 atom stereocenters. The minimum atomic E-state index is 0.202. The summed E-state index contributed by atoms with van der Waals surface area (Å²) in [4.78, 5) is 2.44. The Bertz CT molecular complexity index is 583. The summed E-state index contributed by atoms with van der Waals surface area (Å²) in [5.41, 5.74) is 8.63. The standard InChI is InChI=1S/C17H20ClNS/c1-3-15(19)10-13-7-8-14(18)11-17(13)20-16-6-4-5-12(2)9-16/h4-9,11,15H,3,10,19H2,1-2H3. The van der Waals surface area contributed by atoms with E-state index in [0.29, 0.717) is 0 Å². The van der Waals surface area contributed by atoms with Gasteiger partial charge in [-0.2, -0.15) is 0 Å². The largest absolute Gasteiger partial charge is 0.327 e. The van der Waals surface area contributed by atoms with Crippen LogP contribution in [0.3, 0.4) is 0 Å². The van der Waals surface area contributed by atoms with Crippen molar-refractivity contribution in [1.82, 2.24) is 0 Å². The third kappa shape index (κ3) is 4.27. The Morgan fingerprint density at radius 2 is 2.00 bits per heavy atom. The maximum atomic E-state index is 6.14. The van der Waals surface area contributed by atoms with Gasteiger partial charge in [-0.25, -0.2) is 0 Å². The van der Waals surface area contributed by atoms with Gasteiger partial charge < -0.3 is 5.73 Å². The van der Waals surface area contributed by atoms with Crippen molar-refractivity contribution in [2.45, 2.75) is 42.5 Å². The Hall–Kier alpha value is -0.960. The molecule has 0 saturated heterocycles. The molecule has 2 aromatic carbocycles. The smallest absolute Gasteiger partial charge is 0.0417 e. The second-order valence-electron chi connectivity index (χ2n) is 5.04. The van der Waals surface area contributed by atoms with E-state index in [1.165, 1.54) is 20.9 Å². The summed E-state index contributed by atoms with van der Waals surface area (Å²) >= 11 is 7.90. The molecule has 2 aromatic rings. The predicted octanol–water partition coefficient (Wildman–Crippen LogP) is 5.08. The minimum absolute atomic E-state index is 0.202. The minimum Gasteiger partial charge on any atom is -0.327 e. The number of aryl methyl sites for hydroxylation is 1. The molecule has 2 N–H and O–H groups in total. The fourth-order valence-electron chi connectivity index (χ4n) is 2.02. The molecule has 2 rings (SSSR count). The Kier molecular flexibility index (Phi) is 5.53. The second-order valence-corrected chi connectivity index (χ2v) is 6.59. The van der Waals surface area contributed by atoms with Gasteiger partial charge in [-0.15, -0.1) is 0 Å². The first-order chi connectivity index (χ1) is 9.58. The van der Waals surface area contributed by atoms with E-state index in [0.717, 1.165) is 17.9 Å². The fourth-order valence-corrected chi connectivity index (χ4v) is 3.38. The highest BCUT2D eigenvalue weighted by Crippen LogP contribution is 2.33. The van der Waals surface area contributed by atoms with E-state index in [9.17, 15) is 0 Å². The van der Waals surface area contributed by atoms with Crippen LogP contribution in [0.25, 0.3) is 0 Å². The third-order valence-corrected chi connectivity index (χ3v) is 4.58. The van der Waals surface area contributed by atoms with Crippen LogP contribution in [0.5, 0.6) is 0 Å². The number of benzene rings is 2. The molecule has 0 aliphatic carbocycles. The first kappa shape index (κ1) is 15.4. The molecule has 0 aromatic heterocycles. The highest BCUT2D eigenvalue weighted by molar-refractivity contribution is 7.99. The summed E-state index contributed by atoms with van der Waals surface area (Å²) < 4.78 is 0. The molecule has 0 heterocycles. The molecule has 0 aliphatic rings. The third-order valence-electron chi connectivity index (χ3n) is 3.25. The van der Waals surface area contributed by atoms with Crippen LogP contribution in [0.15, 0.2) is 52.3 Å². The maximum Gasteiger partial charge on any atom is 0.0417 e. The molecule has 106 valence electrons. The quantitative estimate of drug-likeness (QED) is 0.833. The lowest BCUT2D eigenvalue weighted by Gasteiger charge is -2.14. The Morgan fingerprint density at radius 1 is 1.20 bits per heavy atom. The summed E-state index contributed by atoms with van der Waals surface area (Å²) in [6, 6.07) is 14.8. The van der Waals surface area contributed by atoms with Gasteiger partial charge in [-0.3, -0.25) is 0 Å². The van der Waals surface area contributed by atoms with E-state index in [1.54, 1.807) is 11.8 Å². The van der Waals surface area contributed by atoms with Gasteiger partial charge in [-0.1, -0.05) is 54.0 Å². The van der Waals surface area contributed by atoms with Crippen LogP contribution in [0.1, 0.15) is 24.5 Å². The number of hydrogen-bond acceptors (Lipinski definition) is 2. The average molecular weight is 306 g/mol. The van der Waals surface area contributed by atoms with Gasteiger partial charge in [0.2, 0.25) is 0 Å². The zero-order valence-corrected chi connectivity index (χ0v) is 13.5. The van der Waals surface area contributed by atoms with Crippen molar-refractivity contribution in [1.29, 1.82) is 0 Å². The van der Waals surface area contributed by atoms with Crippen molar-refractivity contribution in [3.8, 4) is 0 Å². The number of halogens is 1. The first-order valence-electron chi connectivity index (χ1n) is 6.87. The van der Waals surface area contributed by atoms with Crippen LogP contribution in [0, 0.1) is 6.92 Å². The highest BCUT2D eigenvalue weighted by atomic mass is 35.5. The van der Waals surface area contributed by atoms with Gasteiger partial charge in [0.25, 0.3) is 0 Å². The Morgan fingerprint density at radius 3 is 2.70 bits per heavy atom. The van der Waals surface area contributed by atoms with Crippen LogP contribution in [-0.4, -0.2) is 6.04 Å². The van der Waals surface area contributed by atoms with Crippen molar-refractivity contribution >= 4 is 23.4 Å². The zero-order chi connectivity index (χ0) is 14.5. The van der Waals surface area contributed by atoms with E-state index in [-0.39, 0.29) is 6.04 Å². The molecule has 3 heteroatoms. The van der Waals surface area contributed by atoms with Crippen molar-refractivity contribution in [2.24, 2.45) is 5.73 Å². The number of hydrogen-bond donors (Lipinski definition) is 1. The van der Waals surface area contributed by atoms with Gasteiger partial charge in [-0.05, 0) is 49.6 Å². The van der Waals surface area contributed by atoms with Crippen LogP contribution < -0.4 is 5.73 Å². The van der Waals surface area contributed by atoms with E-state index in [4.69, 9.17) is 17.3 Å². The molecule has 0 radical (unpaired) electrons. The molecular formula is C17H20ClNS. The normalized spacial score (nSPS) is 12.4. The average Bonchev–Trinajstić information content (AvgIpc) is 2.41. The van der Waals surface area contributed by atoms with Crippen molar-refractivity contribution in [3.63, 3.8) is 0 Å². The Balaban J connectivity index is 2.27. The van der Waals surface area contributed by atoms with Crippen LogP contribution in [0.2, 0.25) is 5.02 Å². The summed E-state index contributed by atoms with van der Waals surface area (Å²) in [6.45, 7) is 4.23. The van der Waals surface area contributed by atoms with Gasteiger partial charge in [0.1, 0.15) is 0 Å². The van der Waals surface area contributed by atoms with E-state index in [1.807, 2.05) is 12.1 Å². The Labute approximate surface area is 130 Å². The van der Waals surface area contributed by atoms with Crippen molar-refractivity contribution < 1.29 is 0 Å². The molecule has 0 spiro atoms. The summed E-state index contributed by atoms with van der Waals surface area (Å²) in [5, 5.41) is 0.772. The summed E-state index contributed by atoms with van der Waals surface area (Å²) in [6.07, 6.45) is 1.87. The SMILES string of the molecule is CCC(N)Cc1ccc(Cl)cc1Sc1cccc(C)c1. The predicted molar refractivity (Wildman–Crippen MR) is 88.7 cm³/mol. The zero-order valence-electron chi connectivity index (χ0n) is 11.9. The summed E-state index contributed by atoms with van der Waals surface area (Å²) in [5.74, 6) is 0. The fraction of sp³-hybridized carbons (Fsp3) is 0.294. The molecular weight excluding hydrogens is 286 g/mol. The van der Waals surface area contributed by atoms with E-state index in [2.05, 4.69) is 44.2 Å². The van der Waals surface area contributed by atoms with Gasteiger partial charge in [0.05, 0.1) is 0 Å². The van der Waals surface area contributed by atoms with Gasteiger partial charge >= 0.3 is 0 Å². The molecule has 0 bridgehead atoms. The second kappa shape index (κ2) is 7.16. The number of nitrogens with two attached hydrogens (primary N) is 1. The molecule has 1 nitrogen and oxygen atoms in total. The summed E-state index contributed by atoms with van der Waals surface area (Å²) in [7, 11) is 0. The topological polar surface area (TPSA) is 26.0 Å². The monoisotopic (exact) mass is 305 g/mol. The van der Waals surface area contributed by atoms with E-state index < -0.39 is 0 Å². The molecule has 0 fully saturated rings. The molecule has 1 unspecified atom stereocenters. The van der Waals surface area contributed by atoms with Crippen LogP contribution in [0.4, 0.5) is 0 Å². The van der Waals surface area contributed by atoms with Crippen LogP contribution in [-0.2, 0) is 6.42 Å². The van der Waals surface area contributed by atoms with Crippen molar-refractivity contribution in [3.05, 3.63) is 58.6 Å². The molecule has 0 aliphatic heterocycles. The van der Waals surface area contributed by atoms with E-state index >= 15 is 0 Å². The highest BCUT2D eigenvalue weighted by Gasteiger charge is 2.09. The lowest BCUT2D eigenvalue weighted by molar-refractivity contribution is 0.641. The lowest BCUT2D eigenvalue weighted by Crippen LogP contribution is -2.21. The molecule has 0 amide bonds. The molecule has 0 saturated carbocycles. The van der Waals surface area contributed by atoms with Crippen molar-refractivity contribution in [2.75, 3.05) is 0 Å². The molecule has 20 heavy (non-hydrogen) atoms. The van der Waals surface area contributed by atoms with Gasteiger partial charge in [0, 0.05) is 20.9 Å². The lowest BCUT2D eigenvalue weighted by atomic mass is 10.1.